The van der Waals surface area contributed by atoms with Crippen molar-refractivity contribution >= 4 is 0 Å². The van der Waals surface area contributed by atoms with Crippen LogP contribution in [0, 0.1) is 17.8 Å². The molecule has 2 saturated carbocycles. The Labute approximate surface area is 204 Å². The standard InChI is InChI=1S/C28H54N4O/c1-3-8-27(31-4-2)22-30-18-17-29-21-24-11-13-25(14-12-24)23-32-19-15-28(33,16-20-32)26-9-6-5-7-10-26/h4,24-27,29-31,33H,2-3,5-23H2,1H3. The predicted molar refractivity (Wildman–Crippen MR) is 140 cm³/mol. The average molecular weight is 463 g/mol. The highest BCUT2D eigenvalue weighted by molar-refractivity contribution is 4.93. The lowest BCUT2D eigenvalue weighted by molar-refractivity contribution is -0.0795. The van der Waals surface area contributed by atoms with Gasteiger partial charge in [0.2, 0.25) is 0 Å². The molecule has 1 aliphatic heterocycles. The molecule has 0 aromatic heterocycles. The summed E-state index contributed by atoms with van der Waals surface area (Å²) >= 11 is 0. The van der Waals surface area contributed by atoms with Crippen molar-refractivity contribution in [2.75, 3.05) is 45.8 Å². The number of aliphatic hydroxyl groups is 1. The maximum absolute atomic E-state index is 11.2. The number of nitrogens with one attached hydrogen (secondary N) is 3. The van der Waals surface area contributed by atoms with Crippen LogP contribution in [0.25, 0.3) is 0 Å². The second kappa shape index (κ2) is 14.7. The molecule has 4 N–H and O–H groups in total. The fourth-order valence-corrected chi connectivity index (χ4v) is 6.67. The van der Waals surface area contributed by atoms with E-state index in [1.165, 1.54) is 83.7 Å². The number of likely N-dealkylation sites (tertiary alicyclic amines) is 1. The summed E-state index contributed by atoms with van der Waals surface area (Å²) in [6.45, 7) is 13.8. The SMILES string of the molecule is C=CNC(CCC)CNCCNCC1CCC(CN2CCC(O)(C3CCCCC3)CC2)CC1. The van der Waals surface area contributed by atoms with Gasteiger partial charge in [-0.1, -0.05) is 39.2 Å². The van der Waals surface area contributed by atoms with Crippen LogP contribution >= 0.6 is 0 Å². The Kier molecular flexibility index (Phi) is 12.0. The zero-order valence-corrected chi connectivity index (χ0v) is 21.6. The van der Waals surface area contributed by atoms with Crippen LogP contribution in [0.1, 0.15) is 90.4 Å². The number of hydrogen-bond acceptors (Lipinski definition) is 5. The zero-order valence-electron chi connectivity index (χ0n) is 21.6. The summed E-state index contributed by atoms with van der Waals surface area (Å²) in [4.78, 5) is 2.67. The summed E-state index contributed by atoms with van der Waals surface area (Å²) in [6, 6.07) is 0.503. The van der Waals surface area contributed by atoms with Gasteiger partial charge in [-0.3, -0.25) is 0 Å². The monoisotopic (exact) mass is 462 g/mol. The minimum Gasteiger partial charge on any atom is -0.390 e. The molecule has 192 valence electrons. The molecule has 0 amide bonds. The number of piperidine rings is 1. The van der Waals surface area contributed by atoms with Gasteiger partial charge in [0.25, 0.3) is 0 Å². The molecular formula is C28H54N4O. The second-order valence-corrected chi connectivity index (χ2v) is 11.4. The highest BCUT2D eigenvalue weighted by atomic mass is 16.3. The van der Waals surface area contributed by atoms with Gasteiger partial charge in [0.05, 0.1) is 5.60 Å². The summed E-state index contributed by atoms with van der Waals surface area (Å²) < 4.78 is 0. The van der Waals surface area contributed by atoms with Crippen molar-refractivity contribution in [2.45, 2.75) is 102 Å². The van der Waals surface area contributed by atoms with Gasteiger partial charge in [-0.05, 0) is 88.3 Å². The third-order valence-electron chi connectivity index (χ3n) is 8.86. The van der Waals surface area contributed by atoms with Crippen molar-refractivity contribution in [2.24, 2.45) is 17.8 Å². The number of nitrogens with zero attached hydrogens (tertiary/aromatic N) is 1. The van der Waals surface area contributed by atoms with Gasteiger partial charge in [-0.2, -0.15) is 0 Å². The summed E-state index contributed by atoms with van der Waals surface area (Å²) in [5.74, 6) is 2.30. The Bertz CT molecular complexity index is 520. The van der Waals surface area contributed by atoms with Crippen LogP contribution in [-0.4, -0.2) is 67.5 Å². The topological polar surface area (TPSA) is 59.6 Å². The quantitative estimate of drug-likeness (QED) is 0.290. The minimum atomic E-state index is -0.353. The Morgan fingerprint density at radius 3 is 2.30 bits per heavy atom. The lowest BCUT2D eigenvalue weighted by Crippen LogP contribution is -2.50. The molecule has 5 heteroatoms. The van der Waals surface area contributed by atoms with Crippen molar-refractivity contribution in [1.29, 1.82) is 0 Å². The predicted octanol–water partition coefficient (Wildman–Crippen LogP) is 4.28. The summed E-state index contributed by atoms with van der Waals surface area (Å²) in [7, 11) is 0. The largest absolute Gasteiger partial charge is 0.390 e. The Morgan fingerprint density at radius 2 is 1.64 bits per heavy atom. The molecular weight excluding hydrogens is 408 g/mol. The van der Waals surface area contributed by atoms with E-state index in [1.54, 1.807) is 0 Å². The van der Waals surface area contributed by atoms with E-state index in [0.29, 0.717) is 12.0 Å². The van der Waals surface area contributed by atoms with Crippen molar-refractivity contribution in [1.82, 2.24) is 20.9 Å². The van der Waals surface area contributed by atoms with Crippen molar-refractivity contribution < 1.29 is 5.11 Å². The molecule has 1 atom stereocenters. The van der Waals surface area contributed by atoms with E-state index in [9.17, 15) is 5.11 Å². The van der Waals surface area contributed by atoms with E-state index in [0.717, 1.165) is 57.4 Å². The third kappa shape index (κ3) is 9.16. The van der Waals surface area contributed by atoms with E-state index in [4.69, 9.17) is 0 Å². The molecule has 5 nitrogen and oxygen atoms in total. The first kappa shape index (κ1) is 27.0. The molecule has 0 spiro atoms. The Hall–Kier alpha value is -0.620. The third-order valence-corrected chi connectivity index (χ3v) is 8.86. The van der Waals surface area contributed by atoms with Gasteiger partial charge >= 0.3 is 0 Å². The lowest BCUT2D eigenvalue weighted by atomic mass is 9.72. The molecule has 1 unspecified atom stereocenters. The molecule has 1 saturated heterocycles. The molecule has 3 rings (SSSR count). The second-order valence-electron chi connectivity index (χ2n) is 11.4. The van der Waals surface area contributed by atoms with Crippen LogP contribution in [0.3, 0.4) is 0 Å². The van der Waals surface area contributed by atoms with E-state index >= 15 is 0 Å². The molecule has 0 aromatic rings. The van der Waals surface area contributed by atoms with Crippen LogP contribution in [0.4, 0.5) is 0 Å². The maximum Gasteiger partial charge on any atom is 0.0700 e. The highest BCUT2D eigenvalue weighted by Crippen LogP contribution is 2.39. The first-order valence-electron chi connectivity index (χ1n) is 14.4. The Morgan fingerprint density at radius 1 is 0.970 bits per heavy atom. The Balaban J connectivity index is 1.21. The van der Waals surface area contributed by atoms with E-state index < -0.39 is 0 Å². The van der Waals surface area contributed by atoms with Crippen LogP contribution in [-0.2, 0) is 0 Å². The van der Waals surface area contributed by atoms with Crippen molar-refractivity contribution in [3.63, 3.8) is 0 Å². The molecule has 0 bridgehead atoms. The summed E-state index contributed by atoms with van der Waals surface area (Å²) in [6.07, 6.45) is 18.3. The van der Waals surface area contributed by atoms with E-state index in [1.807, 2.05) is 6.20 Å². The molecule has 3 fully saturated rings. The zero-order chi connectivity index (χ0) is 23.4. The van der Waals surface area contributed by atoms with Crippen molar-refractivity contribution in [3.05, 3.63) is 12.8 Å². The van der Waals surface area contributed by atoms with Gasteiger partial charge in [-0.25, -0.2) is 0 Å². The molecule has 3 aliphatic rings. The van der Waals surface area contributed by atoms with Gasteiger partial charge in [0.15, 0.2) is 0 Å². The van der Waals surface area contributed by atoms with Gasteiger partial charge < -0.3 is 26.0 Å². The van der Waals surface area contributed by atoms with Gasteiger partial charge in [0.1, 0.15) is 0 Å². The van der Waals surface area contributed by atoms with E-state index in [2.05, 4.69) is 34.4 Å². The minimum absolute atomic E-state index is 0.353. The van der Waals surface area contributed by atoms with Gasteiger partial charge in [-0.15, -0.1) is 0 Å². The van der Waals surface area contributed by atoms with Crippen molar-refractivity contribution in [3.8, 4) is 0 Å². The lowest BCUT2D eigenvalue weighted by Gasteiger charge is -2.45. The van der Waals surface area contributed by atoms with Crippen LogP contribution < -0.4 is 16.0 Å². The van der Waals surface area contributed by atoms with Crippen LogP contribution in [0.2, 0.25) is 0 Å². The van der Waals surface area contributed by atoms with Crippen LogP contribution in [0.15, 0.2) is 12.8 Å². The molecule has 1 heterocycles. The summed E-state index contributed by atoms with van der Waals surface area (Å²) in [5.41, 5.74) is -0.353. The number of rotatable bonds is 14. The summed E-state index contributed by atoms with van der Waals surface area (Å²) in [5, 5.41) is 21.8. The van der Waals surface area contributed by atoms with E-state index in [-0.39, 0.29) is 5.60 Å². The molecule has 0 radical (unpaired) electrons. The average Bonchev–Trinajstić information content (AvgIpc) is 2.84. The molecule has 33 heavy (non-hydrogen) atoms. The first-order chi connectivity index (χ1) is 16.1. The number of hydrogen-bond donors (Lipinski definition) is 4. The smallest absolute Gasteiger partial charge is 0.0700 e. The first-order valence-corrected chi connectivity index (χ1v) is 14.4. The van der Waals surface area contributed by atoms with Gasteiger partial charge in [0, 0.05) is 45.3 Å². The molecule has 2 aliphatic carbocycles. The molecule has 0 aromatic carbocycles. The fourth-order valence-electron chi connectivity index (χ4n) is 6.67. The van der Waals surface area contributed by atoms with Crippen LogP contribution in [0.5, 0.6) is 0 Å². The maximum atomic E-state index is 11.2. The normalized spacial score (nSPS) is 27.8. The highest BCUT2D eigenvalue weighted by Gasteiger charge is 2.40. The fraction of sp³-hybridized carbons (Fsp3) is 0.929.